The molecule has 0 unspecified atom stereocenters. The van der Waals surface area contributed by atoms with E-state index in [1.54, 1.807) is 6.07 Å². The largest absolute Gasteiger partial charge is 0.496 e. The van der Waals surface area contributed by atoms with Gasteiger partial charge in [0.15, 0.2) is 0 Å². The quantitative estimate of drug-likeness (QED) is 0.829. The number of hydrogen-bond donors (Lipinski definition) is 2. The highest BCUT2D eigenvalue weighted by molar-refractivity contribution is 6.31. The number of ether oxygens (including phenoxy) is 1. The summed E-state index contributed by atoms with van der Waals surface area (Å²) in [6, 6.07) is 8.01. The van der Waals surface area contributed by atoms with Crippen molar-refractivity contribution in [1.29, 1.82) is 0 Å². The van der Waals surface area contributed by atoms with Gasteiger partial charge in [0.2, 0.25) is 0 Å². The number of hydrogen-bond acceptors (Lipinski definition) is 3. The van der Waals surface area contributed by atoms with E-state index in [1.165, 1.54) is 31.4 Å². The highest BCUT2D eigenvalue weighted by Gasteiger charge is 2.16. The van der Waals surface area contributed by atoms with Crippen molar-refractivity contribution in [2.75, 3.05) is 7.11 Å². The second-order valence-corrected chi connectivity index (χ2v) is 5.25. The molecule has 8 heteroatoms. The van der Waals surface area contributed by atoms with Gasteiger partial charge in [-0.05, 0) is 36.4 Å². The van der Waals surface area contributed by atoms with Gasteiger partial charge in [-0.2, -0.15) is 0 Å². The first-order valence-corrected chi connectivity index (χ1v) is 7.07. The van der Waals surface area contributed by atoms with Crippen LogP contribution in [-0.4, -0.2) is 18.9 Å². The summed E-state index contributed by atoms with van der Waals surface area (Å²) in [5, 5.41) is 0.484. The summed E-state index contributed by atoms with van der Waals surface area (Å²) in [6.45, 7) is 0. The van der Waals surface area contributed by atoms with E-state index in [-0.39, 0.29) is 21.9 Å². The molecule has 2 aromatic rings. The number of amides is 2. The summed E-state index contributed by atoms with van der Waals surface area (Å²) < 4.78 is 18.7. The van der Waals surface area contributed by atoms with Gasteiger partial charge in [0, 0.05) is 10.0 Å². The van der Waals surface area contributed by atoms with Gasteiger partial charge in [-0.25, -0.2) is 4.39 Å². The smallest absolute Gasteiger partial charge is 0.273 e. The normalized spacial score (nSPS) is 10.1. The molecule has 120 valence electrons. The zero-order valence-corrected chi connectivity index (χ0v) is 13.3. The molecule has 0 aliphatic rings. The summed E-state index contributed by atoms with van der Waals surface area (Å²) in [7, 11) is 1.39. The maximum atomic E-state index is 13.6. The Morgan fingerprint density at radius 2 is 1.52 bits per heavy atom. The summed E-state index contributed by atoms with van der Waals surface area (Å²) in [4.78, 5) is 23.9. The van der Waals surface area contributed by atoms with E-state index in [2.05, 4.69) is 10.9 Å². The molecule has 2 N–H and O–H groups in total. The van der Waals surface area contributed by atoms with Crippen LogP contribution in [0, 0.1) is 5.82 Å². The van der Waals surface area contributed by atoms with Gasteiger partial charge >= 0.3 is 0 Å². The number of hydrazine groups is 1. The first kappa shape index (κ1) is 17.1. The molecule has 0 aliphatic carbocycles. The average molecular weight is 357 g/mol. The van der Waals surface area contributed by atoms with Crippen molar-refractivity contribution in [3.8, 4) is 5.75 Å². The third kappa shape index (κ3) is 4.12. The van der Waals surface area contributed by atoms with E-state index in [9.17, 15) is 14.0 Å². The minimum absolute atomic E-state index is 0.122. The van der Waals surface area contributed by atoms with Crippen molar-refractivity contribution >= 4 is 35.0 Å². The summed E-state index contributed by atoms with van der Waals surface area (Å²) >= 11 is 11.4. The molecule has 0 saturated carbocycles. The van der Waals surface area contributed by atoms with E-state index < -0.39 is 17.6 Å². The molecular weight excluding hydrogens is 346 g/mol. The zero-order valence-electron chi connectivity index (χ0n) is 11.8. The van der Waals surface area contributed by atoms with Crippen molar-refractivity contribution in [1.82, 2.24) is 10.9 Å². The molecule has 5 nitrogen and oxygen atoms in total. The Morgan fingerprint density at radius 3 is 2.13 bits per heavy atom. The van der Waals surface area contributed by atoms with Crippen LogP contribution in [0.4, 0.5) is 4.39 Å². The number of nitrogens with one attached hydrogen (secondary N) is 2. The van der Waals surface area contributed by atoms with Crippen LogP contribution in [0.2, 0.25) is 10.0 Å². The van der Waals surface area contributed by atoms with Crippen molar-refractivity contribution in [2.45, 2.75) is 0 Å². The lowest BCUT2D eigenvalue weighted by Gasteiger charge is -2.11. The van der Waals surface area contributed by atoms with Gasteiger partial charge in [-0.15, -0.1) is 0 Å². The molecule has 0 atom stereocenters. The minimum atomic E-state index is -0.825. The van der Waals surface area contributed by atoms with Crippen molar-refractivity contribution in [3.63, 3.8) is 0 Å². The molecular formula is C15H11Cl2FN2O3. The standard InChI is InChI=1S/C15H11Cl2FN2O3/c1-23-13-5-3-8(16)6-11(13)15(22)20-19-14(21)10-4-2-9(17)7-12(10)18/h2-7H,1H3,(H,19,21)(H,20,22). The van der Waals surface area contributed by atoms with Crippen LogP contribution in [-0.2, 0) is 0 Å². The predicted octanol–water partition coefficient (Wildman–Crippen LogP) is 3.22. The maximum absolute atomic E-state index is 13.6. The van der Waals surface area contributed by atoms with E-state index >= 15 is 0 Å². The van der Waals surface area contributed by atoms with E-state index in [1.807, 2.05) is 0 Å². The molecule has 2 rings (SSSR count). The lowest BCUT2D eigenvalue weighted by atomic mass is 10.2. The van der Waals surface area contributed by atoms with Crippen LogP contribution in [0.25, 0.3) is 0 Å². The Morgan fingerprint density at radius 1 is 0.957 bits per heavy atom. The fourth-order valence-corrected chi connectivity index (χ4v) is 2.11. The van der Waals surface area contributed by atoms with Crippen molar-refractivity contribution < 1.29 is 18.7 Å². The van der Waals surface area contributed by atoms with Crippen LogP contribution >= 0.6 is 23.2 Å². The minimum Gasteiger partial charge on any atom is -0.496 e. The van der Waals surface area contributed by atoms with E-state index in [4.69, 9.17) is 27.9 Å². The Hall–Kier alpha value is -2.31. The monoisotopic (exact) mass is 356 g/mol. The van der Waals surface area contributed by atoms with Crippen LogP contribution in [0.3, 0.4) is 0 Å². The first-order valence-electron chi connectivity index (χ1n) is 6.31. The second kappa shape index (κ2) is 7.30. The molecule has 0 saturated heterocycles. The van der Waals surface area contributed by atoms with Gasteiger partial charge in [0.05, 0.1) is 18.2 Å². The molecule has 0 aromatic heterocycles. The molecule has 2 aromatic carbocycles. The van der Waals surface area contributed by atoms with Gasteiger partial charge < -0.3 is 4.74 Å². The Labute approximate surface area is 141 Å². The first-order chi connectivity index (χ1) is 10.9. The van der Waals surface area contributed by atoms with Crippen molar-refractivity contribution in [3.05, 3.63) is 63.4 Å². The molecule has 0 heterocycles. The van der Waals surface area contributed by atoms with Crippen LogP contribution < -0.4 is 15.6 Å². The number of carbonyl (C=O) groups is 2. The summed E-state index contributed by atoms with van der Waals surface area (Å²) in [5.41, 5.74) is 4.14. The van der Waals surface area contributed by atoms with Gasteiger partial charge in [-0.1, -0.05) is 23.2 Å². The molecule has 2 amide bonds. The lowest BCUT2D eigenvalue weighted by Crippen LogP contribution is -2.42. The number of carbonyl (C=O) groups excluding carboxylic acids is 2. The fourth-order valence-electron chi connectivity index (χ4n) is 1.78. The topological polar surface area (TPSA) is 67.4 Å². The number of rotatable bonds is 3. The number of benzene rings is 2. The Kier molecular flexibility index (Phi) is 5.41. The van der Waals surface area contributed by atoms with Gasteiger partial charge in [0.25, 0.3) is 11.8 Å². The molecule has 23 heavy (non-hydrogen) atoms. The number of halogens is 3. The molecule has 0 spiro atoms. The van der Waals surface area contributed by atoms with Crippen molar-refractivity contribution in [2.24, 2.45) is 0 Å². The van der Waals surface area contributed by atoms with Crippen LogP contribution in [0.1, 0.15) is 20.7 Å². The number of methoxy groups -OCH3 is 1. The maximum Gasteiger partial charge on any atom is 0.273 e. The lowest BCUT2D eigenvalue weighted by molar-refractivity contribution is 0.0842. The molecule has 0 aliphatic heterocycles. The molecule has 0 fully saturated rings. The van der Waals surface area contributed by atoms with Crippen LogP contribution in [0.5, 0.6) is 5.75 Å². The van der Waals surface area contributed by atoms with Gasteiger partial charge in [-0.3, -0.25) is 20.4 Å². The third-order valence-electron chi connectivity index (χ3n) is 2.87. The third-order valence-corrected chi connectivity index (χ3v) is 3.34. The van der Waals surface area contributed by atoms with E-state index in [0.717, 1.165) is 6.07 Å². The Balaban J connectivity index is 2.10. The highest BCUT2D eigenvalue weighted by atomic mass is 35.5. The Bertz CT molecular complexity index is 768. The second-order valence-electron chi connectivity index (χ2n) is 4.38. The average Bonchev–Trinajstić information content (AvgIpc) is 2.52. The zero-order chi connectivity index (χ0) is 17.0. The molecule has 0 bridgehead atoms. The van der Waals surface area contributed by atoms with Gasteiger partial charge in [0.1, 0.15) is 11.6 Å². The predicted molar refractivity (Wildman–Crippen MR) is 84.3 cm³/mol. The fraction of sp³-hybridized carbons (Fsp3) is 0.0667. The highest BCUT2D eigenvalue weighted by Crippen LogP contribution is 2.22. The SMILES string of the molecule is COc1ccc(Cl)cc1C(=O)NNC(=O)c1ccc(Cl)cc1F. The van der Waals surface area contributed by atoms with Crippen LogP contribution in [0.15, 0.2) is 36.4 Å². The van der Waals surface area contributed by atoms with E-state index in [0.29, 0.717) is 5.02 Å². The molecule has 0 radical (unpaired) electrons. The summed E-state index contributed by atoms with van der Waals surface area (Å²) in [5.74, 6) is -2.01. The summed E-state index contributed by atoms with van der Waals surface area (Å²) in [6.07, 6.45) is 0.